The molecule has 188 valence electrons. The quantitative estimate of drug-likeness (QED) is 0.460. The molecule has 3 aromatic rings. The number of piperazine rings is 1. The van der Waals surface area contributed by atoms with Gasteiger partial charge in [0.1, 0.15) is 10.8 Å². The number of nitrogens with two attached hydrogens (primary N) is 1. The molecule has 3 heterocycles. The van der Waals surface area contributed by atoms with E-state index in [0.717, 1.165) is 85.9 Å². The van der Waals surface area contributed by atoms with Gasteiger partial charge in [-0.1, -0.05) is 0 Å². The van der Waals surface area contributed by atoms with E-state index in [0.29, 0.717) is 12.1 Å². The highest BCUT2D eigenvalue weighted by atomic mass is 32.1. The van der Waals surface area contributed by atoms with Gasteiger partial charge in [0.15, 0.2) is 0 Å². The number of anilines is 2. The van der Waals surface area contributed by atoms with Gasteiger partial charge in [0, 0.05) is 43.1 Å². The summed E-state index contributed by atoms with van der Waals surface area (Å²) in [4.78, 5) is 18.8. The molecule has 0 bridgehead atoms. The van der Waals surface area contributed by atoms with Crippen molar-refractivity contribution in [2.45, 2.75) is 32.1 Å². The van der Waals surface area contributed by atoms with Gasteiger partial charge < -0.3 is 15.4 Å². The molecule has 2 aromatic carbocycles. The van der Waals surface area contributed by atoms with E-state index < -0.39 is 6.03 Å². The van der Waals surface area contributed by atoms with E-state index in [1.165, 1.54) is 29.0 Å². The van der Waals surface area contributed by atoms with Gasteiger partial charge in [-0.25, -0.2) is 4.79 Å². The van der Waals surface area contributed by atoms with E-state index in [1.54, 1.807) is 11.0 Å². The number of nitrogens with zero attached hydrogens (tertiary/aromatic N) is 4. The Balaban J connectivity index is 1.09. The second-order valence-corrected chi connectivity index (χ2v) is 10.6. The average molecular weight is 504 g/mol. The molecule has 2 aliphatic heterocycles. The molecular weight excluding hydrogens is 470 g/mol. The van der Waals surface area contributed by atoms with Crippen molar-refractivity contribution in [2.75, 3.05) is 55.7 Å². The third-order valence-corrected chi connectivity index (χ3v) is 8.29. The molecule has 0 saturated carbocycles. The number of unbranched alkanes of at least 4 members (excludes halogenated alkanes) is 1. The van der Waals surface area contributed by atoms with E-state index in [4.69, 9.17) is 15.7 Å². The minimum absolute atomic E-state index is 0.429. The van der Waals surface area contributed by atoms with Crippen LogP contribution in [0.3, 0.4) is 0 Å². The lowest BCUT2D eigenvalue weighted by Crippen LogP contribution is -2.46. The van der Waals surface area contributed by atoms with Crippen molar-refractivity contribution in [1.29, 1.82) is 5.26 Å². The number of primary amides is 1. The van der Waals surface area contributed by atoms with E-state index in [2.05, 4.69) is 34.1 Å². The fourth-order valence-electron chi connectivity index (χ4n) is 5.09. The molecule has 2 aliphatic rings. The standard InChI is InChI=1S/C28H33N5O2S/c29-20-21-6-9-26-23(17-21)19-27(36-26)33(28(30)34)11-3-2-10-31-12-14-32(15-13-31)24-7-8-25-22(18-24)5-1-4-16-35-25/h6-9,17-19H,1-5,10-16H2,(H2,30,34). The SMILES string of the molecule is N#Cc1ccc2sc(N(CCCCN3CCN(c4ccc5c(c4)CCCCO5)CC3)C(N)=O)cc2c1. The van der Waals surface area contributed by atoms with E-state index >= 15 is 0 Å². The summed E-state index contributed by atoms with van der Waals surface area (Å²) in [7, 11) is 0. The molecule has 1 saturated heterocycles. The number of thiophene rings is 1. The van der Waals surface area contributed by atoms with Crippen LogP contribution in [0.4, 0.5) is 15.5 Å². The van der Waals surface area contributed by atoms with E-state index in [-0.39, 0.29) is 0 Å². The van der Waals surface area contributed by atoms with Crippen LogP contribution in [-0.4, -0.2) is 56.8 Å². The van der Waals surface area contributed by atoms with Crippen molar-refractivity contribution in [3.8, 4) is 11.8 Å². The van der Waals surface area contributed by atoms with Crippen LogP contribution < -0.4 is 20.3 Å². The third-order valence-electron chi connectivity index (χ3n) is 7.15. The molecular formula is C28H33N5O2S. The summed E-state index contributed by atoms with van der Waals surface area (Å²) < 4.78 is 6.93. The van der Waals surface area contributed by atoms with E-state index in [9.17, 15) is 4.79 Å². The Kier molecular flexibility index (Phi) is 7.59. The number of rotatable bonds is 7. The highest BCUT2D eigenvalue weighted by Crippen LogP contribution is 2.33. The number of nitriles is 1. The number of amides is 2. The Morgan fingerprint density at radius 1 is 1.08 bits per heavy atom. The zero-order valence-electron chi connectivity index (χ0n) is 20.6. The molecule has 0 spiro atoms. The van der Waals surface area contributed by atoms with Crippen LogP contribution in [0, 0.1) is 11.3 Å². The largest absolute Gasteiger partial charge is 0.493 e. The molecule has 8 heteroatoms. The predicted molar refractivity (Wildman–Crippen MR) is 146 cm³/mol. The van der Waals surface area contributed by atoms with Crippen LogP contribution >= 0.6 is 11.3 Å². The van der Waals surface area contributed by atoms with Crippen molar-refractivity contribution in [1.82, 2.24) is 4.90 Å². The Labute approximate surface area is 216 Å². The van der Waals surface area contributed by atoms with Gasteiger partial charge in [-0.2, -0.15) is 5.26 Å². The van der Waals surface area contributed by atoms with Crippen LogP contribution in [-0.2, 0) is 6.42 Å². The van der Waals surface area contributed by atoms with Gasteiger partial charge in [0.25, 0.3) is 0 Å². The summed E-state index contributed by atoms with van der Waals surface area (Å²) in [5.74, 6) is 1.06. The number of benzene rings is 2. The van der Waals surface area contributed by atoms with Gasteiger partial charge in [-0.15, -0.1) is 11.3 Å². The van der Waals surface area contributed by atoms with Gasteiger partial charge in [0.05, 0.1) is 18.2 Å². The number of fused-ring (bicyclic) bond motifs is 2. The van der Waals surface area contributed by atoms with Gasteiger partial charge >= 0.3 is 6.03 Å². The maximum absolute atomic E-state index is 12.2. The van der Waals surface area contributed by atoms with Crippen molar-refractivity contribution < 1.29 is 9.53 Å². The van der Waals surface area contributed by atoms with Crippen molar-refractivity contribution in [3.05, 3.63) is 53.6 Å². The average Bonchev–Trinajstić information content (AvgIpc) is 3.17. The molecule has 0 radical (unpaired) electrons. The second kappa shape index (κ2) is 11.2. The fraction of sp³-hybridized carbons (Fsp3) is 0.429. The Hall–Kier alpha value is -3.28. The molecule has 1 fully saturated rings. The summed E-state index contributed by atoms with van der Waals surface area (Å²) in [6.45, 7) is 6.60. The summed E-state index contributed by atoms with van der Waals surface area (Å²) in [6, 6.07) is 16.0. The lowest BCUT2D eigenvalue weighted by Gasteiger charge is -2.36. The molecule has 2 N–H and O–H groups in total. The number of aryl methyl sites for hydroxylation is 1. The summed E-state index contributed by atoms with van der Waals surface area (Å²) in [5, 5.41) is 10.9. The summed E-state index contributed by atoms with van der Waals surface area (Å²) in [5.41, 5.74) is 8.98. The first kappa shape index (κ1) is 24.4. The lowest BCUT2D eigenvalue weighted by molar-refractivity contribution is 0.249. The molecule has 0 aliphatic carbocycles. The first-order valence-corrected chi connectivity index (χ1v) is 13.7. The minimum atomic E-state index is -0.429. The number of carbonyl (C=O) groups excluding carboxylic acids is 1. The minimum Gasteiger partial charge on any atom is -0.493 e. The number of hydrogen-bond donors (Lipinski definition) is 1. The third kappa shape index (κ3) is 5.58. The first-order chi connectivity index (χ1) is 17.6. The second-order valence-electron chi connectivity index (χ2n) is 9.57. The predicted octanol–water partition coefficient (Wildman–Crippen LogP) is 4.98. The highest BCUT2D eigenvalue weighted by Gasteiger charge is 2.20. The van der Waals surface area contributed by atoms with E-state index in [1.807, 2.05) is 18.2 Å². The van der Waals surface area contributed by atoms with Crippen LogP contribution in [0.25, 0.3) is 10.1 Å². The number of hydrogen-bond acceptors (Lipinski definition) is 6. The van der Waals surface area contributed by atoms with Crippen LogP contribution in [0.1, 0.15) is 36.8 Å². The Bertz CT molecular complexity index is 1260. The number of ether oxygens (including phenoxy) is 1. The van der Waals surface area contributed by atoms with Gasteiger partial charge in [-0.3, -0.25) is 9.80 Å². The first-order valence-electron chi connectivity index (χ1n) is 12.8. The fourth-order valence-corrected chi connectivity index (χ4v) is 6.17. The molecule has 36 heavy (non-hydrogen) atoms. The molecule has 0 atom stereocenters. The highest BCUT2D eigenvalue weighted by molar-refractivity contribution is 7.23. The van der Waals surface area contributed by atoms with Gasteiger partial charge in [-0.05, 0) is 92.1 Å². The van der Waals surface area contributed by atoms with Gasteiger partial charge in [0.2, 0.25) is 0 Å². The topological polar surface area (TPSA) is 85.8 Å². The maximum Gasteiger partial charge on any atom is 0.319 e. The Morgan fingerprint density at radius 2 is 1.94 bits per heavy atom. The van der Waals surface area contributed by atoms with Crippen molar-refractivity contribution in [2.24, 2.45) is 5.73 Å². The molecule has 7 nitrogen and oxygen atoms in total. The number of urea groups is 1. The number of carbonyl (C=O) groups is 1. The van der Waals surface area contributed by atoms with Crippen molar-refractivity contribution >= 4 is 38.1 Å². The summed E-state index contributed by atoms with van der Waals surface area (Å²) in [6.07, 6.45) is 5.35. The molecule has 5 rings (SSSR count). The molecule has 1 aromatic heterocycles. The monoisotopic (exact) mass is 503 g/mol. The molecule has 2 amide bonds. The summed E-state index contributed by atoms with van der Waals surface area (Å²) >= 11 is 1.54. The lowest BCUT2D eigenvalue weighted by atomic mass is 10.1. The molecule has 0 unspecified atom stereocenters. The zero-order valence-corrected chi connectivity index (χ0v) is 21.4. The smallest absolute Gasteiger partial charge is 0.319 e. The van der Waals surface area contributed by atoms with Crippen molar-refractivity contribution in [3.63, 3.8) is 0 Å². The normalized spacial score (nSPS) is 16.1. The van der Waals surface area contributed by atoms with Crippen LogP contribution in [0.15, 0.2) is 42.5 Å². The zero-order chi connectivity index (χ0) is 24.9. The Morgan fingerprint density at radius 3 is 2.75 bits per heavy atom. The maximum atomic E-state index is 12.2. The van der Waals surface area contributed by atoms with Crippen LogP contribution in [0.2, 0.25) is 0 Å². The van der Waals surface area contributed by atoms with Crippen LogP contribution in [0.5, 0.6) is 5.75 Å².